The Kier molecular flexibility index (Phi) is 3.92. The van der Waals surface area contributed by atoms with Crippen LogP contribution in [0.15, 0.2) is 34.9 Å². The number of hydrogen-bond acceptors (Lipinski definition) is 3. The van der Waals surface area contributed by atoms with Crippen molar-refractivity contribution in [1.82, 2.24) is 4.90 Å². The van der Waals surface area contributed by atoms with Crippen molar-refractivity contribution in [3.8, 4) is 5.75 Å². The summed E-state index contributed by atoms with van der Waals surface area (Å²) in [5.41, 5.74) is 1.18. The molecule has 0 saturated heterocycles. The second kappa shape index (κ2) is 5.68. The Hall–Kier alpha value is -1.16. The van der Waals surface area contributed by atoms with Crippen molar-refractivity contribution >= 4 is 23.2 Å². The topological polar surface area (TPSA) is 25.6 Å². The Bertz CT molecular complexity index is 612. The summed E-state index contributed by atoms with van der Waals surface area (Å²) in [6.45, 7) is 4.83. The van der Waals surface area contributed by atoms with Gasteiger partial charge in [0.25, 0.3) is 0 Å². The van der Waals surface area contributed by atoms with Crippen LogP contribution in [0.5, 0.6) is 5.75 Å². The van der Waals surface area contributed by atoms with Crippen LogP contribution in [0.25, 0.3) is 0 Å². The zero-order chi connectivity index (χ0) is 14.1. The maximum absolute atomic E-state index is 6.03. The first-order chi connectivity index (χ1) is 9.67. The second-order valence-electron chi connectivity index (χ2n) is 4.82. The molecule has 1 aliphatic rings. The molecular formula is C15H15Cl2NO2. The van der Waals surface area contributed by atoms with Crippen LogP contribution in [0.4, 0.5) is 0 Å². The van der Waals surface area contributed by atoms with Gasteiger partial charge >= 0.3 is 0 Å². The number of hydrogen-bond donors (Lipinski definition) is 0. The van der Waals surface area contributed by atoms with Crippen LogP contribution in [-0.4, -0.2) is 18.0 Å². The zero-order valence-corrected chi connectivity index (χ0v) is 12.6. The Labute approximate surface area is 128 Å². The molecule has 1 aromatic carbocycles. The van der Waals surface area contributed by atoms with E-state index in [-0.39, 0.29) is 6.10 Å². The highest BCUT2D eigenvalue weighted by atomic mass is 35.5. The van der Waals surface area contributed by atoms with Crippen molar-refractivity contribution in [1.29, 1.82) is 0 Å². The fourth-order valence-electron chi connectivity index (χ4n) is 2.43. The van der Waals surface area contributed by atoms with Gasteiger partial charge in [0.1, 0.15) is 11.5 Å². The third-order valence-electron chi connectivity index (χ3n) is 3.51. The van der Waals surface area contributed by atoms with Crippen LogP contribution in [0.3, 0.4) is 0 Å². The van der Waals surface area contributed by atoms with E-state index in [1.165, 1.54) is 5.56 Å². The lowest BCUT2D eigenvalue weighted by molar-refractivity contribution is 0.0951. The molecule has 0 N–H and O–H groups in total. The highest BCUT2D eigenvalue weighted by molar-refractivity contribution is 6.42. The van der Waals surface area contributed by atoms with Crippen molar-refractivity contribution < 1.29 is 9.15 Å². The summed E-state index contributed by atoms with van der Waals surface area (Å²) in [5.74, 6) is 1.60. The molecular weight excluding hydrogens is 297 g/mol. The zero-order valence-electron chi connectivity index (χ0n) is 11.1. The summed E-state index contributed by atoms with van der Waals surface area (Å²) in [4.78, 5) is 2.32. The molecule has 2 aromatic rings. The third kappa shape index (κ3) is 2.66. The van der Waals surface area contributed by atoms with Gasteiger partial charge in [0.15, 0.2) is 6.10 Å². The van der Waals surface area contributed by atoms with Crippen molar-refractivity contribution in [2.45, 2.75) is 19.6 Å². The largest absolute Gasteiger partial charge is 0.481 e. The normalized spacial score (nSPS) is 18.9. The molecule has 20 heavy (non-hydrogen) atoms. The molecule has 5 heteroatoms. The van der Waals surface area contributed by atoms with E-state index in [4.69, 9.17) is 32.4 Å². The first kappa shape index (κ1) is 13.8. The number of benzene rings is 1. The van der Waals surface area contributed by atoms with E-state index in [0.29, 0.717) is 15.8 Å². The van der Waals surface area contributed by atoms with Crippen LogP contribution in [0, 0.1) is 0 Å². The highest BCUT2D eigenvalue weighted by Gasteiger charge is 2.29. The lowest BCUT2D eigenvalue weighted by Gasteiger charge is -2.31. The predicted molar refractivity (Wildman–Crippen MR) is 79.5 cm³/mol. The molecule has 3 nitrogen and oxygen atoms in total. The lowest BCUT2D eigenvalue weighted by atomic mass is 10.1. The molecule has 0 fully saturated rings. The first-order valence-corrected chi connectivity index (χ1v) is 7.33. The minimum absolute atomic E-state index is 0.119. The quantitative estimate of drug-likeness (QED) is 0.832. The van der Waals surface area contributed by atoms with Crippen molar-refractivity contribution in [2.75, 3.05) is 13.1 Å². The Balaban J connectivity index is 1.85. The van der Waals surface area contributed by atoms with E-state index in [9.17, 15) is 0 Å². The molecule has 2 heterocycles. The fraction of sp³-hybridized carbons (Fsp3) is 0.333. The SMILES string of the molecule is CCN1Cc2ccoc2C(Oc2ccc(Cl)c(Cl)c2)C1. The average molecular weight is 312 g/mol. The molecule has 3 rings (SSSR count). The van der Waals surface area contributed by atoms with Gasteiger partial charge in [-0.3, -0.25) is 4.90 Å². The molecule has 0 saturated carbocycles. The Morgan fingerprint density at radius 1 is 1.30 bits per heavy atom. The summed E-state index contributed by atoms with van der Waals surface area (Å²) in [5, 5.41) is 1.02. The smallest absolute Gasteiger partial charge is 0.169 e. The number of halogens is 2. The van der Waals surface area contributed by atoms with Gasteiger partial charge in [-0.2, -0.15) is 0 Å². The first-order valence-electron chi connectivity index (χ1n) is 6.57. The van der Waals surface area contributed by atoms with Crippen molar-refractivity contribution in [3.63, 3.8) is 0 Å². The summed E-state index contributed by atoms with van der Waals surface area (Å²) in [6.07, 6.45) is 1.60. The molecule has 0 bridgehead atoms. The van der Waals surface area contributed by atoms with E-state index in [1.54, 1.807) is 18.4 Å². The summed E-state index contributed by atoms with van der Waals surface area (Å²) in [7, 11) is 0. The maximum Gasteiger partial charge on any atom is 0.169 e. The summed E-state index contributed by atoms with van der Waals surface area (Å²) in [6, 6.07) is 7.30. The molecule has 1 unspecified atom stereocenters. The standard InChI is InChI=1S/C15H15Cl2NO2/c1-2-18-8-10-5-6-19-15(10)14(9-18)20-11-3-4-12(16)13(17)7-11/h3-7,14H,2,8-9H2,1H3. The lowest BCUT2D eigenvalue weighted by Crippen LogP contribution is -2.35. The average Bonchev–Trinajstić information content (AvgIpc) is 2.91. The number of rotatable bonds is 3. The molecule has 0 spiro atoms. The number of ether oxygens (including phenoxy) is 1. The second-order valence-corrected chi connectivity index (χ2v) is 5.63. The number of likely N-dealkylation sites (N-methyl/N-ethyl adjacent to an activating group) is 1. The Morgan fingerprint density at radius 3 is 2.90 bits per heavy atom. The molecule has 106 valence electrons. The van der Waals surface area contributed by atoms with Crippen LogP contribution in [0.2, 0.25) is 10.0 Å². The predicted octanol–water partition coefficient (Wildman–Crippen LogP) is 4.54. The van der Waals surface area contributed by atoms with Crippen molar-refractivity contribution in [3.05, 3.63) is 51.9 Å². The van der Waals surface area contributed by atoms with Gasteiger partial charge in [-0.25, -0.2) is 0 Å². The molecule has 0 aliphatic carbocycles. The van der Waals surface area contributed by atoms with Crippen molar-refractivity contribution in [2.24, 2.45) is 0 Å². The number of furan rings is 1. The summed E-state index contributed by atoms with van der Waals surface area (Å²) >= 11 is 11.9. The minimum atomic E-state index is -0.119. The summed E-state index contributed by atoms with van der Waals surface area (Å²) < 4.78 is 11.6. The van der Waals surface area contributed by atoms with Crippen LogP contribution >= 0.6 is 23.2 Å². The molecule has 0 radical (unpaired) electrons. The van der Waals surface area contributed by atoms with Gasteiger partial charge in [-0.15, -0.1) is 0 Å². The van der Waals surface area contributed by atoms with Gasteiger partial charge in [-0.1, -0.05) is 30.1 Å². The van der Waals surface area contributed by atoms with E-state index in [1.807, 2.05) is 12.1 Å². The van der Waals surface area contributed by atoms with E-state index in [0.717, 1.165) is 25.4 Å². The minimum Gasteiger partial charge on any atom is -0.481 e. The Morgan fingerprint density at radius 2 is 2.15 bits per heavy atom. The van der Waals surface area contributed by atoms with E-state index in [2.05, 4.69) is 11.8 Å². The van der Waals surface area contributed by atoms with E-state index >= 15 is 0 Å². The number of fused-ring (bicyclic) bond motifs is 1. The molecule has 1 aliphatic heterocycles. The van der Waals surface area contributed by atoms with E-state index < -0.39 is 0 Å². The van der Waals surface area contributed by atoms with Crippen LogP contribution in [-0.2, 0) is 6.54 Å². The van der Waals surface area contributed by atoms with Gasteiger partial charge < -0.3 is 9.15 Å². The van der Waals surface area contributed by atoms with Crippen LogP contribution < -0.4 is 4.74 Å². The molecule has 0 amide bonds. The van der Waals surface area contributed by atoms with Gasteiger partial charge in [-0.05, 0) is 24.7 Å². The number of nitrogens with zero attached hydrogens (tertiary/aromatic N) is 1. The monoisotopic (exact) mass is 311 g/mol. The van der Waals surface area contributed by atoms with Gasteiger partial charge in [0, 0.05) is 24.7 Å². The maximum atomic E-state index is 6.03. The highest BCUT2D eigenvalue weighted by Crippen LogP contribution is 2.33. The molecule has 1 atom stereocenters. The fourth-order valence-corrected chi connectivity index (χ4v) is 2.72. The van der Waals surface area contributed by atoms with Gasteiger partial charge in [0.2, 0.25) is 0 Å². The van der Waals surface area contributed by atoms with Gasteiger partial charge in [0.05, 0.1) is 16.3 Å². The third-order valence-corrected chi connectivity index (χ3v) is 4.25. The van der Waals surface area contributed by atoms with Crippen LogP contribution in [0.1, 0.15) is 24.4 Å². The molecule has 1 aromatic heterocycles.